The highest BCUT2D eigenvalue weighted by Gasteiger charge is 2.40. The molecule has 0 saturated carbocycles. The van der Waals surface area contributed by atoms with Crippen LogP contribution >= 0.6 is 0 Å². The summed E-state index contributed by atoms with van der Waals surface area (Å²) in [6, 6.07) is 13.3. The number of piperazine rings is 1. The van der Waals surface area contributed by atoms with Gasteiger partial charge in [-0.1, -0.05) is 44.4 Å². The van der Waals surface area contributed by atoms with Crippen molar-refractivity contribution in [1.82, 2.24) is 14.8 Å². The van der Waals surface area contributed by atoms with Gasteiger partial charge in [-0.05, 0) is 61.7 Å². The smallest absolute Gasteiger partial charge is 0.272 e. The van der Waals surface area contributed by atoms with Crippen LogP contribution in [-0.4, -0.2) is 51.7 Å². The molecular weight excluding hydrogens is 426 g/mol. The third-order valence-corrected chi connectivity index (χ3v) is 6.21. The molecule has 1 unspecified atom stereocenters. The standard InChI is InChI=1S/C26H33N7O/c1-6-20-12-10-14-22(28-20)25(34)32-15-16-33(26(5,8-3)18-32)23(7-2)24(27)30-31-29-21-13-9-11-19(4)17-21/h9-14,17H,2,6,8,15-16,18H2,1,3-5H3,(H2,27,29,30). The molecule has 3 rings (SSSR count). The fourth-order valence-corrected chi connectivity index (χ4v) is 4.07. The molecule has 1 atom stereocenters. The highest BCUT2D eigenvalue weighted by Crippen LogP contribution is 2.29. The van der Waals surface area contributed by atoms with Gasteiger partial charge in [0.15, 0.2) is 5.84 Å². The van der Waals surface area contributed by atoms with Crippen LogP contribution in [0.1, 0.15) is 48.9 Å². The van der Waals surface area contributed by atoms with Gasteiger partial charge < -0.3 is 15.5 Å². The van der Waals surface area contributed by atoms with Crippen molar-refractivity contribution < 1.29 is 4.79 Å². The number of aromatic nitrogens is 1. The Balaban J connectivity index is 1.78. The Hall–Kier alpha value is -3.77. The summed E-state index contributed by atoms with van der Waals surface area (Å²) in [6.45, 7) is 13.6. The third kappa shape index (κ3) is 5.58. The maximum absolute atomic E-state index is 13.2. The van der Waals surface area contributed by atoms with E-state index in [0.717, 1.165) is 24.1 Å². The predicted octanol–water partition coefficient (Wildman–Crippen LogP) is 4.60. The van der Waals surface area contributed by atoms with E-state index in [1.54, 1.807) is 6.07 Å². The minimum absolute atomic E-state index is 0.0626. The molecule has 2 aromatic rings. The van der Waals surface area contributed by atoms with E-state index in [1.807, 2.05) is 55.1 Å². The molecule has 0 radical (unpaired) electrons. The highest BCUT2D eigenvalue weighted by molar-refractivity contribution is 5.96. The molecule has 178 valence electrons. The van der Waals surface area contributed by atoms with Crippen LogP contribution in [0.2, 0.25) is 0 Å². The SMILES string of the molecule is C=C=C(C(N)=NN=Nc1cccc(C)c1)N1CCN(C(=O)c2cccc(CC)n2)CC1(C)CC. The molecule has 1 amide bonds. The maximum Gasteiger partial charge on any atom is 0.272 e. The lowest BCUT2D eigenvalue weighted by Crippen LogP contribution is -2.62. The van der Waals surface area contributed by atoms with Crippen LogP contribution in [0.5, 0.6) is 0 Å². The Morgan fingerprint density at radius 2 is 2.00 bits per heavy atom. The molecular formula is C26H33N7O. The number of carbonyl (C=O) groups is 1. The largest absolute Gasteiger partial charge is 0.380 e. The lowest BCUT2D eigenvalue weighted by Gasteiger charge is -2.50. The Morgan fingerprint density at radius 1 is 1.24 bits per heavy atom. The zero-order chi connectivity index (χ0) is 24.7. The molecule has 1 aliphatic heterocycles. The molecule has 0 spiro atoms. The molecule has 1 aromatic carbocycles. The van der Waals surface area contributed by atoms with Crippen LogP contribution in [0, 0.1) is 6.92 Å². The van der Waals surface area contributed by atoms with E-state index >= 15 is 0 Å². The third-order valence-electron chi connectivity index (χ3n) is 6.21. The Kier molecular flexibility index (Phi) is 7.97. The average Bonchev–Trinajstić information content (AvgIpc) is 2.85. The summed E-state index contributed by atoms with van der Waals surface area (Å²) in [6.07, 6.45) is 1.57. The number of pyridine rings is 1. The highest BCUT2D eigenvalue weighted by atomic mass is 16.2. The summed E-state index contributed by atoms with van der Waals surface area (Å²) in [4.78, 5) is 21.7. The number of rotatable bonds is 7. The normalized spacial score (nSPS) is 18.8. The maximum atomic E-state index is 13.2. The van der Waals surface area contributed by atoms with Gasteiger partial charge in [-0.15, -0.1) is 10.2 Å². The van der Waals surface area contributed by atoms with E-state index in [1.165, 1.54) is 0 Å². The molecule has 1 saturated heterocycles. The molecule has 34 heavy (non-hydrogen) atoms. The fourth-order valence-electron chi connectivity index (χ4n) is 4.07. The number of nitrogens with zero attached hydrogens (tertiary/aromatic N) is 6. The first kappa shape index (κ1) is 24.9. The van der Waals surface area contributed by atoms with Crippen LogP contribution in [0.25, 0.3) is 0 Å². The van der Waals surface area contributed by atoms with Crippen molar-refractivity contribution in [2.75, 3.05) is 19.6 Å². The number of carbonyl (C=O) groups excluding carboxylic acids is 1. The summed E-state index contributed by atoms with van der Waals surface area (Å²) in [5, 5.41) is 12.1. The monoisotopic (exact) mass is 459 g/mol. The van der Waals surface area contributed by atoms with Gasteiger partial charge in [0.1, 0.15) is 11.4 Å². The molecule has 0 bridgehead atoms. The number of benzene rings is 1. The van der Waals surface area contributed by atoms with Gasteiger partial charge in [-0.2, -0.15) is 0 Å². The van der Waals surface area contributed by atoms with Gasteiger partial charge in [0.05, 0.1) is 11.2 Å². The van der Waals surface area contributed by atoms with Gasteiger partial charge in [-0.3, -0.25) is 4.79 Å². The summed E-state index contributed by atoms with van der Waals surface area (Å²) in [5.41, 5.74) is 12.5. The summed E-state index contributed by atoms with van der Waals surface area (Å²) >= 11 is 0. The Morgan fingerprint density at radius 3 is 2.68 bits per heavy atom. The summed E-state index contributed by atoms with van der Waals surface area (Å²) in [7, 11) is 0. The number of amides is 1. The van der Waals surface area contributed by atoms with Crippen molar-refractivity contribution in [2.45, 2.75) is 46.1 Å². The fraction of sp³-hybridized carbons (Fsp3) is 0.385. The van der Waals surface area contributed by atoms with Gasteiger partial charge in [-0.25, -0.2) is 4.98 Å². The van der Waals surface area contributed by atoms with Crippen molar-refractivity contribution in [3.05, 3.63) is 77.4 Å². The molecule has 0 aliphatic carbocycles. The lowest BCUT2D eigenvalue weighted by atomic mass is 9.91. The molecule has 1 aromatic heterocycles. The Bertz CT molecular complexity index is 1150. The number of hydrogen-bond donors (Lipinski definition) is 1. The van der Waals surface area contributed by atoms with Crippen molar-refractivity contribution in [3.63, 3.8) is 0 Å². The van der Waals surface area contributed by atoms with E-state index in [0.29, 0.717) is 36.7 Å². The van der Waals surface area contributed by atoms with Crippen molar-refractivity contribution >= 4 is 17.4 Å². The second kappa shape index (κ2) is 10.9. The molecule has 1 fully saturated rings. The molecule has 2 heterocycles. The minimum atomic E-state index is -0.385. The second-order valence-electron chi connectivity index (χ2n) is 8.64. The number of hydrogen-bond acceptors (Lipinski definition) is 5. The number of aryl methyl sites for hydroxylation is 2. The first-order valence-electron chi connectivity index (χ1n) is 11.6. The zero-order valence-electron chi connectivity index (χ0n) is 20.5. The Labute approximate surface area is 201 Å². The van der Waals surface area contributed by atoms with E-state index in [9.17, 15) is 4.79 Å². The second-order valence-corrected chi connectivity index (χ2v) is 8.64. The molecule has 8 nitrogen and oxygen atoms in total. The van der Waals surface area contributed by atoms with Gasteiger partial charge >= 0.3 is 0 Å². The molecule has 1 aliphatic rings. The van der Waals surface area contributed by atoms with Crippen molar-refractivity contribution in [1.29, 1.82) is 0 Å². The first-order valence-corrected chi connectivity index (χ1v) is 11.6. The van der Waals surface area contributed by atoms with Crippen molar-refractivity contribution in [3.8, 4) is 0 Å². The summed E-state index contributed by atoms with van der Waals surface area (Å²) in [5.74, 6) is 0.121. The van der Waals surface area contributed by atoms with Crippen LogP contribution in [0.3, 0.4) is 0 Å². The van der Waals surface area contributed by atoms with Gasteiger partial charge in [0, 0.05) is 25.3 Å². The average molecular weight is 460 g/mol. The first-order chi connectivity index (χ1) is 16.3. The number of nitrogens with two attached hydrogens (primary N) is 1. The molecule has 8 heteroatoms. The van der Waals surface area contributed by atoms with Crippen LogP contribution < -0.4 is 5.73 Å². The summed E-state index contributed by atoms with van der Waals surface area (Å²) < 4.78 is 0. The van der Waals surface area contributed by atoms with Crippen molar-refractivity contribution in [2.24, 2.45) is 21.2 Å². The predicted molar refractivity (Wildman–Crippen MR) is 135 cm³/mol. The van der Waals surface area contributed by atoms with E-state index in [-0.39, 0.29) is 17.3 Å². The van der Waals surface area contributed by atoms with Crippen LogP contribution in [0.4, 0.5) is 5.69 Å². The van der Waals surface area contributed by atoms with E-state index < -0.39 is 0 Å². The van der Waals surface area contributed by atoms with Crippen LogP contribution in [-0.2, 0) is 6.42 Å². The topological polar surface area (TPSA) is 99.5 Å². The zero-order valence-corrected chi connectivity index (χ0v) is 20.5. The van der Waals surface area contributed by atoms with E-state index in [4.69, 9.17) is 5.73 Å². The van der Waals surface area contributed by atoms with Gasteiger partial charge in [0.25, 0.3) is 5.91 Å². The van der Waals surface area contributed by atoms with E-state index in [2.05, 4.69) is 51.5 Å². The minimum Gasteiger partial charge on any atom is -0.380 e. The lowest BCUT2D eigenvalue weighted by molar-refractivity contribution is 0.0280. The quantitative estimate of drug-likeness (QED) is 0.215. The number of amidine groups is 1. The molecule has 2 N–H and O–H groups in total. The van der Waals surface area contributed by atoms with Crippen LogP contribution in [0.15, 0.2) is 75.9 Å². The van der Waals surface area contributed by atoms with Gasteiger partial charge in [0.2, 0.25) is 0 Å².